The van der Waals surface area contributed by atoms with E-state index in [1.165, 1.54) is 0 Å². The SMILES string of the molecule is OCC1CCN(Cc2noc(-c3cccs3)n2)C1. The summed E-state index contributed by atoms with van der Waals surface area (Å²) in [7, 11) is 0. The Kier molecular flexibility index (Phi) is 3.40. The van der Waals surface area contributed by atoms with E-state index in [0.717, 1.165) is 30.2 Å². The highest BCUT2D eigenvalue weighted by Crippen LogP contribution is 2.23. The lowest BCUT2D eigenvalue weighted by Crippen LogP contribution is -2.21. The fourth-order valence-electron chi connectivity index (χ4n) is 2.22. The smallest absolute Gasteiger partial charge is 0.268 e. The second kappa shape index (κ2) is 5.17. The van der Waals surface area contributed by atoms with Gasteiger partial charge in [0, 0.05) is 13.2 Å². The Hall–Kier alpha value is -1.24. The van der Waals surface area contributed by atoms with E-state index in [-0.39, 0.29) is 6.61 Å². The van der Waals surface area contributed by atoms with Crippen molar-refractivity contribution in [3.05, 3.63) is 23.3 Å². The molecule has 2 aromatic rings. The number of hydrogen-bond donors (Lipinski definition) is 1. The maximum absolute atomic E-state index is 9.10. The zero-order chi connectivity index (χ0) is 12.4. The molecule has 2 aromatic heterocycles. The first-order valence-electron chi connectivity index (χ1n) is 6.05. The van der Waals surface area contributed by atoms with Crippen molar-refractivity contribution in [1.29, 1.82) is 0 Å². The Labute approximate surface area is 109 Å². The number of aliphatic hydroxyl groups excluding tert-OH is 1. The molecule has 18 heavy (non-hydrogen) atoms. The van der Waals surface area contributed by atoms with Gasteiger partial charge in [-0.1, -0.05) is 11.2 Å². The zero-order valence-electron chi connectivity index (χ0n) is 9.95. The first-order valence-corrected chi connectivity index (χ1v) is 6.93. The van der Waals surface area contributed by atoms with Gasteiger partial charge in [-0.05, 0) is 30.3 Å². The molecule has 1 aliphatic heterocycles. The van der Waals surface area contributed by atoms with E-state index in [0.29, 0.717) is 18.4 Å². The van der Waals surface area contributed by atoms with Gasteiger partial charge in [0.05, 0.1) is 11.4 Å². The van der Waals surface area contributed by atoms with Gasteiger partial charge >= 0.3 is 0 Å². The molecule has 1 saturated heterocycles. The van der Waals surface area contributed by atoms with Crippen molar-refractivity contribution in [3.63, 3.8) is 0 Å². The number of nitrogens with zero attached hydrogens (tertiary/aromatic N) is 3. The number of likely N-dealkylation sites (tertiary alicyclic amines) is 1. The van der Waals surface area contributed by atoms with Crippen LogP contribution in [-0.2, 0) is 6.54 Å². The molecular weight excluding hydrogens is 250 g/mol. The van der Waals surface area contributed by atoms with Gasteiger partial charge in [0.25, 0.3) is 5.89 Å². The van der Waals surface area contributed by atoms with Crippen LogP contribution in [0.15, 0.2) is 22.0 Å². The third-order valence-electron chi connectivity index (χ3n) is 3.19. The highest BCUT2D eigenvalue weighted by atomic mass is 32.1. The minimum Gasteiger partial charge on any atom is -0.396 e. The number of aromatic nitrogens is 2. The van der Waals surface area contributed by atoms with Crippen LogP contribution < -0.4 is 0 Å². The molecule has 6 heteroatoms. The van der Waals surface area contributed by atoms with Crippen molar-refractivity contribution < 1.29 is 9.63 Å². The Morgan fingerprint density at radius 3 is 3.22 bits per heavy atom. The minimum absolute atomic E-state index is 0.267. The molecular formula is C12H15N3O2S. The molecule has 5 nitrogen and oxygen atoms in total. The molecule has 0 aliphatic carbocycles. The molecule has 1 N–H and O–H groups in total. The molecule has 0 bridgehead atoms. The van der Waals surface area contributed by atoms with Gasteiger partial charge < -0.3 is 9.63 Å². The number of rotatable bonds is 4. The topological polar surface area (TPSA) is 62.4 Å². The van der Waals surface area contributed by atoms with Crippen LogP contribution in [0.1, 0.15) is 12.2 Å². The van der Waals surface area contributed by atoms with E-state index in [9.17, 15) is 0 Å². The molecule has 1 atom stereocenters. The van der Waals surface area contributed by atoms with Gasteiger partial charge in [-0.3, -0.25) is 4.90 Å². The molecule has 0 spiro atoms. The summed E-state index contributed by atoms with van der Waals surface area (Å²) in [5, 5.41) is 15.1. The lowest BCUT2D eigenvalue weighted by Gasteiger charge is -2.12. The normalized spacial score (nSPS) is 20.6. The van der Waals surface area contributed by atoms with Crippen LogP contribution in [0, 0.1) is 5.92 Å². The van der Waals surface area contributed by atoms with Crippen LogP contribution in [0.3, 0.4) is 0 Å². The molecule has 3 heterocycles. The van der Waals surface area contributed by atoms with Crippen molar-refractivity contribution in [1.82, 2.24) is 15.0 Å². The summed E-state index contributed by atoms with van der Waals surface area (Å²) in [5.41, 5.74) is 0. The Bertz CT molecular complexity index is 497. The molecule has 96 valence electrons. The van der Waals surface area contributed by atoms with E-state index < -0.39 is 0 Å². The van der Waals surface area contributed by atoms with Gasteiger partial charge in [0.15, 0.2) is 5.82 Å². The fraction of sp³-hybridized carbons (Fsp3) is 0.500. The third kappa shape index (κ3) is 2.45. The van der Waals surface area contributed by atoms with Crippen molar-refractivity contribution >= 4 is 11.3 Å². The number of aliphatic hydroxyl groups is 1. The van der Waals surface area contributed by atoms with Crippen LogP contribution in [0.25, 0.3) is 10.8 Å². The standard InChI is InChI=1S/C12H15N3O2S/c16-8-9-3-4-15(6-9)7-11-13-12(17-14-11)10-2-1-5-18-10/h1-2,5,9,16H,3-4,6-8H2. The summed E-state index contributed by atoms with van der Waals surface area (Å²) >= 11 is 1.59. The predicted octanol–water partition coefficient (Wildman–Crippen LogP) is 1.61. The average molecular weight is 265 g/mol. The molecule has 1 aliphatic rings. The molecule has 0 amide bonds. The molecule has 1 fully saturated rings. The first kappa shape index (κ1) is 11.8. The molecule has 3 rings (SSSR count). The van der Waals surface area contributed by atoms with Crippen LogP contribution in [0.5, 0.6) is 0 Å². The maximum atomic E-state index is 9.10. The third-order valence-corrected chi connectivity index (χ3v) is 4.05. The summed E-state index contributed by atoms with van der Waals surface area (Å²) in [5.74, 6) is 1.71. The Morgan fingerprint density at radius 2 is 2.50 bits per heavy atom. The van der Waals surface area contributed by atoms with Gasteiger partial charge in [-0.25, -0.2) is 0 Å². The number of thiophene rings is 1. The molecule has 0 saturated carbocycles. The molecule has 0 radical (unpaired) electrons. The van der Waals surface area contributed by atoms with Gasteiger partial charge in [0.2, 0.25) is 0 Å². The van der Waals surface area contributed by atoms with Crippen molar-refractivity contribution in [2.24, 2.45) is 5.92 Å². The summed E-state index contributed by atoms with van der Waals surface area (Å²) in [4.78, 5) is 7.65. The van der Waals surface area contributed by atoms with Crippen LogP contribution in [0.2, 0.25) is 0 Å². The quantitative estimate of drug-likeness (QED) is 0.910. The molecule has 0 aromatic carbocycles. The summed E-state index contributed by atoms with van der Waals surface area (Å²) in [6.45, 7) is 2.88. The monoisotopic (exact) mass is 265 g/mol. The summed E-state index contributed by atoms with van der Waals surface area (Å²) < 4.78 is 5.25. The Morgan fingerprint density at radius 1 is 1.56 bits per heavy atom. The number of hydrogen-bond acceptors (Lipinski definition) is 6. The van der Waals surface area contributed by atoms with Gasteiger partial charge in [-0.15, -0.1) is 11.3 Å². The van der Waals surface area contributed by atoms with E-state index in [1.54, 1.807) is 11.3 Å². The molecule has 1 unspecified atom stereocenters. The predicted molar refractivity (Wildman–Crippen MR) is 68.1 cm³/mol. The maximum Gasteiger partial charge on any atom is 0.268 e. The van der Waals surface area contributed by atoms with Crippen LogP contribution in [0.4, 0.5) is 0 Å². The summed E-state index contributed by atoms with van der Waals surface area (Å²) in [6.07, 6.45) is 1.05. The lowest BCUT2D eigenvalue weighted by molar-refractivity contribution is 0.218. The average Bonchev–Trinajstić information content (AvgIpc) is 3.10. The second-order valence-corrected chi connectivity index (χ2v) is 5.51. The zero-order valence-corrected chi connectivity index (χ0v) is 10.8. The van der Waals surface area contributed by atoms with Crippen molar-refractivity contribution in [3.8, 4) is 10.8 Å². The highest BCUT2D eigenvalue weighted by Gasteiger charge is 2.23. The van der Waals surface area contributed by atoms with Crippen molar-refractivity contribution in [2.75, 3.05) is 19.7 Å². The van der Waals surface area contributed by atoms with E-state index in [4.69, 9.17) is 9.63 Å². The second-order valence-electron chi connectivity index (χ2n) is 4.57. The van der Waals surface area contributed by atoms with Crippen LogP contribution in [-0.4, -0.2) is 39.8 Å². The van der Waals surface area contributed by atoms with Crippen LogP contribution >= 0.6 is 11.3 Å². The fourth-order valence-corrected chi connectivity index (χ4v) is 2.87. The van der Waals surface area contributed by atoms with E-state index in [1.807, 2.05) is 17.5 Å². The minimum atomic E-state index is 0.267. The highest BCUT2D eigenvalue weighted by molar-refractivity contribution is 7.13. The van der Waals surface area contributed by atoms with Gasteiger partial charge in [0.1, 0.15) is 0 Å². The summed E-state index contributed by atoms with van der Waals surface area (Å²) in [6, 6.07) is 3.94. The first-order chi connectivity index (χ1) is 8.85. The van der Waals surface area contributed by atoms with E-state index in [2.05, 4.69) is 15.0 Å². The lowest BCUT2D eigenvalue weighted by atomic mass is 10.1. The largest absolute Gasteiger partial charge is 0.396 e. The van der Waals surface area contributed by atoms with E-state index >= 15 is 0 Å². The van der Waals surface area contributed by atoms with Crippen molar-refractivity contribution in [2.45, 2.75) is 13.0 Å². The Balaban J connectivity index is 1.64. The van der Waals surface area contributed by atoms with Gasteiger partial charge in [-0.2, -0.15) is 4.98 Å².